The molecule has 0 bridgehead atoms. The molecule has 6 nitrogen and oxygen atoms in total. The van der Waals surface area contributed by atoms with Crippen LogP contribution in [-0.4, -0.2) is 19.7 Å². The maximum atomic E-state index is 5.86. The molecule has 18 heavy (non-hydrogen) atoms. The summed E-state index contributed by atoms with van der Waals surface area (Å²) < 4.78 is 6.91. The molecule has 0 saturated carbocycles. The Kier molecular flexibility index (Phi) is 2.45. The molecule has 0 atom stereocenters. The molecule has 0 saturated heterocycles. The molecule has 92 valence electrons. The van der Waals surface area contributed by atoms with E-state index in [4.69, 9.17) is 21.9 Å². The third-order valence-corrected chi connectivity index (χ3v) is 2.78. The van der Waals surface area contributed by atoms with Crippen molar-refractivity contribution in [2.75, 3.05) is 5.73 Å². The van der Waals surface area contributed by atoms with Gasteiger partial charge >= 0.3 is 0 Å². The monoisotopic (exact) mass is 263 g/mol. The molecule has 0 fully saturated rings. The van der Waals surface area contributed by atoms with Gasteiger partial charge in [0.2, 0.25) is 5.95 Å². The Morgan fingerprint density at radius 3 is 3.00 bits per heavy atom. The predicted molar refractivity (Wildman–Crippen MR) is 67.3 cm³/mol. The van der Waals surface area contributed by atoms with E-state index < -0.39 is 0 Å². The fraction of sp³-hybridized carbons (Fsp3) is 0.182. The maximum absolute atomic E-state index is 5.86. The SMILES string of the molecule is Cc1cc(Cn2c(N)nc3cc(Cl)cnc32)on1. The van der Waals surface area contributed by atoms with E-state index in [0.29, 0.717) is 34.4 Å². The molecule has 0 unspecified atom stereocenters. The largest absolute Gasteiger partial charge is 0.369 e. The van der Waals surface area contributed by atoms with Crippen LogP contribution in [0.3, 0.4) is 0 Å². The van der Waals surface area contributed by atoms with Crippen molar-refractivity contribution in [1.82, 2.24) is 19.7 Å². The Morgan fingerprint density at radius 2 is 2.28 bits per heavy atom. The Morgan fingerprint density at radius 1 is 1.44 bits per heavy atom. The van der Waals surface area contributed by atoms with E-state index in [0.717, 1.165) is 5.69 Å². The fourth-order valence-electron chi connectivity index (χ4n) is 1.81. The van der Waals surface area contributed by atoms with Crippen molar-refractivity contribution in [3.8, 4) is 0 Å². The molecular weight excluding hydrogens is 254 g/mol. The standard InChI is InChI=1S/C11H10ClN5O/c1-6-2-8(18-16-6)5-17-10-9(15-11(17)13)3-7(12)4-14-10/h2-4H,5H2,1H3,(H2,13,15). The number of anilines is 1. The minimum atomic E-state index is 0.369. The number of imidazole rings is 1. The Balaban J connectivity index is 2.08. The summed E-state index contributed by atoms with van der Waals surface area (Å²) in [5, 5.41) is 4.36. The van der Waals surface area contributed by atoms with Gasteiger partial charge in [-0.2, -0.15) is 0 Å². The van der Waals surface area contributed by atoms with Crippen LogP contribution < -0.4 is 5.73 Å². The molecule has 7 heteroatoms. The third kappa shape index (κ3) is 1.80. The average Bonchev–Trinajstić information content (AvgIpc) is 2.84. The molecule has 0 aliphatic rings. The number of aromatic nitrogens is 4. The summed E-state index contributed by atoms with van der Waals surface area (Å²) in [5.41, 5.74) is 8.02. The van der Waals surface area contributed by atoms with Crippen molar-refractivity contribution < 1.29 is 4.52 Å². The highest BCUT2D eigenvalue weighted by atomic mass is 35.5. The van der Waals surface area contributed by atoms with Crippen LogP contribution in [-0.2, 0) is 6.54 Å². The fourth-order valence-corrected chi connectivity index (χ4v) is 1.96. The predicted octanol–water partition coefficient (Wildman–Crippen LogP) is 2.01. The first kappa shape index (κ1) is 11.0. The van der Waals surface area contributed by atoms with Crippen LogP contribution in [0.2, 0.25) is 5.02 Å². The first-order valence-corrected chi connectivity index (χ1v) is 5.71. The molecule has 3 rings (SSSR count). The van der Waals surface area contributed by atoms with E-state index >= 15 is 0 Å². The number of hydrogen-bond acceptors (Lipinski definition) is 5. The van der Waals surface area contributed by atoms with Gasteiger partial charge < -0.3 is 10.3 Å². The van der Waals surface area contributed by atoms with Gasteiger partial charge in [-0.05, 0) is 13.0 Å². The minimum absolute atomic E-state index is 0.369. The normalized spacial score (nSPS) is 11.2. The molecule has 3 heterocycles. The van der Waals surface area contributed by atoms with Crippen LogP contribution in [0, 0.1) is 6.92 Å². The van der Waals surface area contributed by atoms with Crippen LogP contribution in [0.15, 0.2) is 22.9 Å². The summed E-state index contributed by atoms with van der Waals surface area (Å²) in [4.78, 5) is 8.44. The molecule has 3 aromatic rings. The lowest BCUT2D eigenvalue weighted by Crippen LogP contribution is -2.04. The summed E-state index contributed by atoms with van der Waals surface area (Å²) in [6, 6.07) is 3.57. The number of nitrogens with zero attached hydrogens (tertiary/aromatic N) is 4. The van der Waals surface area contributed by atoms with E-state index in [2.05, 4.69) is 15.1 Å². The zero-order valence-electron chi connectivity index (χ0n) is 9.59. The molecule has 0 aliphatic carbocycles. The van der Waals surface area contributed by atoms with Crippen LogP contribution in [0.5, 0.6) is 0 Å². The van der Waals surface area contributed by atoms with Crippen molar-refractivity contribution in [3.05, 3.63) is 34.8 Å². The van der Waals surface area contributed by atoms with Crippen LogP contribution in [0.1, 0.15) is 11.5 Å². The first-order chi connectivity index (χ1) is 8.63. The number of fused-ring (bicyclic) bond motifs is 1. The molecule has 0 radical (unpaired) electrons. The van der Waals surface area contributed by atoms with Gasteiger partial charge in [-0.25, -0.2) is 9.97 Å². The van der Waals surface area contributed by atoms with Crippen molar-refractivity contribution in [1.29, 1.82) is 0 Å². The Hall–Kier alpha value is -2.08. The second-order valence-corrected chi connectivity index (χ2v) is 4.42. The molecule has 2 N–H and O–H groups in total. The second kappa shape index (κ2) is 3.99. The molecule has 0 aliphatic heterocycles. The summed E-state index contributed by atoms with van der Waals surface area (Å²) in [7, 11) is 0. The molecular formula is C11H10ClN5O. The van der Waals surface area contributed by atoms with E-state index in [-0.39, 0.29) is 0 Å². The number of pyridine rings is 1. The second-order valence-electron chi connectivity index (χ2n) is 3.99. The van der Waals surface area contributed by atoms with Gasteiger partial charge in [-0.15, -0.1) is 0 Å². The Bertz CT molecular complexity index is 717. The first-order valence-electron chi connectivity index (χ1n) is 5.33. The van der Waals surface area contributed by atoms with E-state index in [1.54, 1.807) is 16.8 Å². The van der Waals surface area contributed by atoms with Crippen molar-refractivity contribution >= 4 is 28.7 Å². The molecule has 0 aromatic carbocycles. The lowest BCUT2D eigenvalue weighted by Gasteiger charge is -2.01. The number of hydrogen-bond donors (Lipinski definition) is 1. The van der Waals surface area contributed by atoms with Gasteiger partial charge in [0, 0.05) is 12.3 Å². The quantitative estimate of drug-likeness (QED) is 0.765. The summed E-state index contributed by atoms with van der Waals surface area (Å²) in [5.74, 6) is 1.07. The number of halogens is 1. The number of rotatable bonds is 2. The minimum Gasteiger partial charge on any atom is -0.369 e. The maximum Gasteiger partial charge on any atom is 0.202 e. The van der Waals surface area contributed by atoms with Gasteiger partial charge in [0.1, 0.15) is 5.52 Å². The van der Waals surface area contributed by atoms with Gasteiger partial charge in [-0.3, -0.25) is 4.57 Å². The van der Waals surface area contributed by atoms with Crippen molar-refractivity contribution in [2.45, 2.75) is 13.5 Å². The van der Waals surface area contributed by atoms with E-state index in [9.17, 15) is 0 Å². The molecule has 3 aromatic heterocycles. The van der Waals surface area contributed by atoms with Gasteiger partial charge in [-0.1, -0.05) is 16.8 Å². The third-order valence-electron chi connectivity index (χ3n) is 2.57. The highest BCUT2D eigenvalue weighted by Gasteiger charge is 2.12. The van der Waals surface area contributed by atoms with Gasteiger partial charge in [0.25, 0.3) is 0 Å². The van der Waals surface area contributed by atoms with Crippen LogP contribution >= 0.6 is 11.6 Å². The number of aryl methyl sites for hydroxylation is 1. The zero-order chi connectivity index (χ0) is 12.7. The zero-order valence-corrected chi connectivity index (χ0v) is 10.3. The molecule has 0 amide bonds. The summed E-state index contributed by atoms with van der Waals surface area (Å²) >= 11 is 5.86. The number of nitrogen functional groups attached to an aromatic ring is 1. The van der Waals surface area contributed by atoms with E-state index in [1.165, 1.54) is 0 Å². The van der Waals surface area contributed by atoms with Crippen molar-refractivity contribution in [3.63, 3.8) is 0 Å². The van der Waals surface area contributed by atoms with Crippen LogP contribution in [0.25, 0.3) is 11.2 Å². The lowest BCUT2D eigenvalue weighted by atomic mass is 10.4. The lowest BCUT2D eigenvalue weighted by molar-refractivity contribution is 0.374. The van der Waals surface area contributed by atoms with Crippen LogP contribution in [0.4, 0.5) is 5.95 Å². The average molecular weight is 264 g/mol. The van der Waals surface area contributed by atoms with Gasteiger partial charge in [0.15, 0.2) is 11.4 Å². The number of nitrogens with two attached hydrogens (primary N) is 1. The van der Waals surface area contributed by atoms with E-state index in [1.807, 2.05) is 13.0 Å². The topological polar surface area (TPSA) is 82.8 Å². The van der Waals surface area contributed by atoms with Gasteiger partial charge in [0.05, 0.1) is 17.3 Å². The molecule has 0 spiro atoms. The highest BCUT2D eigenvalue weighted by Crippen LogP contribution is 2.20. The summed E-state index contributed by atoms with van der Waals surface area (Å²) in [6.45, 7) is 2.30. The summed E-state index contributed by atoms with van der Waals surface area (Å²) in [6.07, 6.45) is 1.56. The smallest absolute Gasteiger partial charge is 0.202 e. The van der Waals surface area contributed by atoms with Crippen molar-refractivity contribution in [2.24, 2.45) is 0 Å². The Labute approximate surface area is 107 Å². The highest BCUT2D eigenvalue weighted by molar-refractivity contribution is 6.31.